The standard InChI is InChI=1S/C23H22N6O4S/c1-23(2,3)22(30)26-16-7-5-8-17(13-16)29-34(31,32)18-9-4-6-15(12-18)20-27-28-21(33-20)19-14-24-10-11-25-19/h4-14,29H,1-3H3,(H,26,30). The largest absolute Gasteiger partial charge is 0.415 e. The number of hydrogen-bond donors (Lipinski definition) is 2. The molecule has 0 fully saturated rings. The average molecular weight is 479 g/mol. The number of aromatic nitrogens is 4. The number of hydrogen-bond acceptors (Lipinski definition) is 8. The number of anilines is 2. The van der Waals surface area contributed by atoms with E-state index in [1.807, 2.05) is 0 Å². The summed E-state index contributed by atoms with van der Waals surface area (Å²) in [6, 6.07) is 12.6. The van der Waals surface area contributed by atoms with Gasteiger partial charge in [0.15, 0.2) is 0 Å². The molecule has 0 aliphatic rings. The molecule has 4 rings (SSSR count). The van der Waals surface area contributed by atoms with Gasteiger partial charge in [-0.05, 0) is 36.4 Å². The van der Waals surface area contributed by atoms with Crippen molar-refractivity contribution in [1.29, 1.82) is 0 Å². The Kier molecular flexibility index (Phi) is 6.12. The molecule has 0 radical (unpaired) electrons. The van der Waals surface area contributed by atoms with Gasteiger partial charge < -0.3 is 9.73 Å². The van der Waals surface area contributed by atoms with Gasteiger partial charge in [0.1, 0.15) is 5.69 Å². The maximum Gasteiger partial charge on any atom is 0.268 e. The molecule has 1 amide bonds. The zero-order valence-electron chi connectivity index (χ0n) is 18.7. The first-order valence-corrected chi connectivity index (χ1v) is 11.7. The number of rotatable bonds is 6. The van der Waals surface area contributed by atoms with Gasteiger partial charge in [0.25, 0.3) is 15.9 Å². The van der Waals surface area contributed by atoms with E-state index in [1.165, 1.54) is 30.7 Å². The van der Waals surface area contributed by atoms with Crippen LogP contribution in [0.5, 0.6) is 0 Å². The van der Waals surface area contributed by atoms with Crippen molar-refractivity contribution in [1.82, 2.24) is 20.2 Å². The molecular weight excluding hydrogens is 456 g/mol. The summed E-state index contributed by atoms with van der Waals surface area (Å²) in [7, 11) is -3.94. The number of nitrogens with one attached hydrogen (secondary N) is 2. The summed E-state index contributed by atoms with van der Waals surface area (Å²) in [6.45, 7) is 5.38. The molecule has 0 spiro atoms. The smallest absolute Gasteiger partial charge is 0.268 e. The summed E-state index contributed by atoms with van der Waals surface area (Å²) in [4.78, 5) is 20.3. The maximum absolute atomic E-state index is 13.0. The molecule has 2 aromatic carbocycles. The lowest BCUT2D eigenvalue weighted by Crippen LogP contribution is -2.27. The Morgan fingerprint density at radius 2 is 1.68 bits per heavy atom. The third-order valence-corrected chi connectivity index (χ3v) is 6.03. The second-order valence-corrected chi connectivity index (χ2v) is 10.1. The fourth-order valence-corrected chi connectivity index (χ4v) is 3.94. The van der Waals surface area contributed by atoms with Crippen molar-refractivity contribution >= 4 is 27.3 Å². The van der Waals surface area contributed by atoms with Crippen LogP contribution in [-0.4, -0.2) is 34.5 Å². The average Bonchev–Trinajstić information content (AvgIpc) is 3.30. The van der Waals surface area contributed by atoms with E-state index < -0.39 is 15.4 Å². The Bertz CT molecular complexity index is 1430. The predicted octanol–water partition coefficient (Wildman–Crippen LogP) is 3.98. The molecule has 0 saturated heterocycles. The van der Waals surface area contributed by atoms with Gasteiger partial charge in [-0.2, -0.15) is 0 Å². The molecule has 174 valence electrons. The Balaban J connectivity index is 1.55. The van der Waals surface area contributed by atoms with Crippen LogP contribution in [0.1, 0.15) is 20.8 Å². The van der Waals surface area contributed by atoms with Gasteiger partial charge in [-0.15, -0.1) is 10.2 Å². The van der Waals surface area contributed by atoms with Crippen LogP contribution >= 0.6 is 0 Å². The molecule has 2 N–H and O–H groups in total. The normalized spacial score (nSPS) is 11.7. The highest BCUT2D eigenvalue weighted by molar-refractivity contribution is 7.92. The Morgan fingerprint density at radius 3 is 2.41 bits per heavy atom. The zero-order valence-corrected chi connectivity index (χ0v) is 19.5. The van der Waals surface area contributed by atoms with Crippen LogP contribution in [0, 0.1) is 5.41 Å². The lowest BCUT2D eigenvalue weighted by atomic mass is 9.95. The fourth-order valence-electron chi connectivity index (χ4n) is 2.84. The number of carbonyl (C=O) groups is 1. The third kappa shape index (κ3) is 5.26. The minimum Gasteiger partial charge on any atom is -0.415 e. The van der Waals surface area contributed by atoms with Crippen molar-refractivity contribution in [3.63, 3.8) is 0 Å². The fraction of sp³-hybridized carbons (Fsp3) is 0.174. The van der Waals surface area contributed by atoms with Gasteiger partial charge in [-0.1, -0.05) is 32.9 Å². The Labute approximate surface area is 196 Å². The van der Waals surface area contributed by atoms with Gasteiger partial charge in [0, 0.05) is 29.1 Å². The Hall–Kier alpha value is -4.12. The molecule has 2 aromatic heterocycles. The van der Waals surface area contributed by atoms with Crippen molar-refractivity contribution in [2.45, 2.75) is 25.7 Å². The summed E-state index contributed by atoms with van der Waals surface area (Å²) in [5, 5.41) is 10.7. The second-order valence-electron chi connectivity index (χ2n) is 8.42. The summed E-state index contributed by atoms with van der Waals surface area (Å²) in [6.07, 6.45) is 4.51. The number of carbonyl (C=O) groups excluding carboxylic acids is 1. The molecule has 0 bridgehead atoms. The van der Waals surface area contributed by atoms with Gasteiger partial charge in [0.05, 0.1) is 16.8 Å². The SMILES string of the molecule is CC(C)(C)C(=O)Nc1cccc(NS(=O)(=O)c2cccc(-c3nnc(-c4cnccn4)o3)c2)c1. The van der Waals surface area contributed by atoms with Gasteiger partial charge >= 0.3 is 0 Å². The topological polar surface area (TPSA) is 140 Å². The van der Waals surface area contributed by atoms with E-state index in [0.717, 1.165) is 0 Å². The zero-order chi connectivity index (χ0) is 24.3. The molecule has 2 heterocycles. The lowest BCUT2D eigenvalue weighted by Gasteiger charge is -2.18. The minimum absolute atomic E-state index is 0.00776. The first-order chi connectivity index (χ1) is 16.1. The van der Waals surface area contributed by atoms with Crippen molar-refractivity contribution in [2.24, 2.45) is 5.41 Å². The van der Waals surface area contributed by atoms with E-state index in [1.54, 1.807) is 57.2 Å². The number of benzene rings is 2. The van der Waals surface area contributed by atoms with Crippen molar-refractivity contribution in [2.75, 3.05) is 10.0 Å². The summed E-state index contributed by atoms with van der Waals surface area (Å²) in [5.74, 6) is 0.133. The van der Waals surface area contributed by atoms with Crippen molar-refractivity contribution < 1.29 is 17.6 Å². The lowest BCUT2D eigenvalue weighted by molar-refractivity contribution is -0.123. The quantitative estimate of drug-likeness (QED) is 0.424. The number of amides is 1. The van der Waals surface area contributed by atoms with Gasteiger partial charge in [-0.25, -0.2) is 13.4 Å². The van der Waals surface area contributed by atoms with Crippen LogP contribution in [0.15, 0.2) is 76.4 Å². The summed E-state index contributed by atoms with van der Waals surface area (Å²) < 4.78 is 34.2. The molecule has 0 aliphatic heterocycles. The van der Waals surface area contributed by atoms with Crippen molar-refractivity contribution in [3.8, 4) is 23.0 Å². The number of nitrogens with zero attached hydrogens (tertiary/aromatic N) is 4. The third-order valence-electron chi connectivity index (χ3n) is 4.65. The molecule has 0 aliphatic carbocycles. The van der Waals surface area contributed by atoms with Gasteiger partial charge in [0.2, 0.25) is 11.8 Å². The molecule has 11 heteroatoms. The first-order valence-electron chi connectivity index (χ1n) is 10.3. The van der Waals surface area contributed by atoms with Crippen LogP contribution in [0.25, 0.3) is 23.0 Å². The van der Waals surface area contributed by atoms with E-state index >= 15 is 0 Å². The van der Waals surface area contributed by atoms with Crippen LogP contribution in [0.4, 0.5) is 11.4 Å². The summed E-state index contributed by atoms with van der Waals surface area (Å²) in [5.41, 5.74) is 1.04. The molecule has 0 saturated carbocycles. The molecular formula is C23H22N6O4S. The predicted molar refractivity (Wildman–Crippen MR) is 126 cm³/mol. The Morgan fingerprint density at radius 1 is 0.941 bits per heavy atom. The molecule has 10 nitrogen and oxygen atoms in total. The van der Waals surface area contributed by atoms with E-state index in [0.29, 0.717) is 22.6 Å². The van der Waals surface area contributed by atoms with Crippen LogP contribution < -0.4 is 10.0 Å². The summed E-state index contributed by atoms with van der Waals surface area (Å²) >= 11 is 0. The molecule has 4 aromatic rings. The first kappa shape index (κ1) is 23.1. The van der Waals surface area contributed by atoms with E-state index in [-0.39, 0.29) is 22.6 Å². The minimum atomic E-state index is -3.94. The van der Waals surface area contributed by atoms with E-state index in [9.17, 15) is 13.2 Å². The molecule has 34 heavy (non-hydrogen) atoms. The van der Waals surface area contributed by atoms with Crippen LogP contribution in [-0.2, 0) is 14.8 Å². The van der Waals surface area contributed by atoms with Crippen molar-refractivity contribution in [3.05, 3.63) is 67.1 Å². The maximum atomic E-state index is 13.0. The monoisotopic (exact) mass is 478 g/mol. The van der Waals surface area contributed by atoms with E-state index in [4.69, 9.17) is 4.42 Å². The number of sulfonamides is 1. The van der Waals surface area contributed by atoms with E-state index in [2.05, 4.69) is 30.2 Å². The second kappa shape index (κ2) is 9.02. The van der Waals surface area contributed by atoms with Gasteiger partial charge in [-0.3, -0.25) is 14.5 Å². The van der Waals surface area contributed by atoms with Crippen LogP contribution in [0.3, 0.4) is 0 Å². The van der Waals surface area contributed by atoms with Crippen LogP contribution in [0.2, 0.25) is 0 Å². The highest BCUT2D eigenvalue weighted by Gasteiger charge is 2.22. The molecule has 0 unspecified atom stereocenters. The molecule has 0 atom stereocenters. The highest BCUT2D eigenvalue weighted by atomic mass is 32.2. The highest BCUT2D eigenvalue weighted by Crippen LogP contribution is 2.26.